The lowest BCUT2D eigenvalue weighted by Crippen LogP contribution is -1.81. The molecule has 0 amide bonds. The molecule has 0 N–H and O–H groups in total. The van der Waals surface area contributed by atoms with E-state index in [0.717, 1.165) is 12.6 Å². The second-order valence-electron chi connectivity index (χ2n) is 1.90. The molecule has 1 aromatic rings. The zero-order valence-electron chi connectivity index (χ0n) is 5.99. The highest BCUT2D eigenvalue weighted by molar-refractivity contribution is 6.92. The standard InChI is InChI=1S/C8H6O2.H3P/c9-5-7-1-2-8(6-10)4-3-7;/h1-6H;1H3. The molecule has 0 fully saturated rings. The van der Waals surface area contributed by atoms with Crippen LogP contribution >= 0.6 is 9.90 Å². The van der Waals surface area contributed by atoms with Gasteiger partial charge in [-0.25, -0.2) is 0 Å². The zero-order chi connectivity index (χ0) is 7.40. The zero-order valence-corrected chi connectivity index (χ0v) is 7.40. The van der Waals surface area contributed by atoms with E-state index in [4.69, 9.17) is 0 Å². The molecule has 3 heteroatoms. The van der Waals surface area contributed by atoms with Gasteiger partial charge in [-0.1, -0.05) is 24.3 Å². The monoisotopic (exact) mass is 168 g/mol. The summed E-state index contributed by atoms with van der Waals surface area (Å²) in [5.74, 6) is 0. The van der Waals surface area contributed by atoms with Gasteiger partial charge < -0.3 is 0 Å². The van der Waals surface area contributed by atoms with Crippen LogP contribution < -0.4 is 0 Å². The molecule has 2 nitrogen and oxygen atoms in total. The van der Waals surface area contributed by atoms with Crippen molar-refractivity contribution in [3.8, 4) is 0 Å². The highest BCUT2D eigenvalue weighted by Crippen LogP contribution is 1.98. The molecule has 1 atom stereocenters. The van der Waals surface area contributed by atoms with Crippen molar-refractivity contribution in [3.05, 3.63) is 35.4 Å². The summed E-state index contributed by atoms with van der Waals surface area (Å²) in [7, 11) is 0. The van der Waals surface area contributed by atoms with Crippen LogP contribution in [0.3, 0.4) is 0 Å². The maximum atomic E-state index is 10.1. The molecule has 0 saturated heterocycles. The van der Waals surface area contributed by atoms with E-state index in [1.54, 1.807) is 24.3 Å². The Labute approximate surface area is 68.2 Å². The van der Waals surface area contributed by atoms with Crippen LogP contribution in [0.25, 0.3) is 0 Å². The Balaban J connectivity index is 0.000001000. The topological polar surface area (TPSA) is 34.1 Å². The van der Waals surface area contributed by atoms with Gasteiger partial charge in [0.05, 0.1) is 0 Å². The predicted molar refractivity (Wildman–Crippen MR) is 48.3 cm³/mol. The third kappa shape index (κ3) is 2.60. The number of rotatable bonds is 2. The van der Waals surface area contributed by atoms with E-state index in [1.165, 1.54) is 0 Å². The van der Waals surface area contributed by atoms with Crippen LogP contribution in [-0.2, 0) is 0 Å². The lowest BCUT2D eigenvalue weighted by Gasteiger charge is -1.88. The summed E-state index contributed by atoms with van der Waals surface area (Å²) in [6.45, 7) is 0. The molecule has 0 bridgehead atoms. The summed E-state index contributed by atoms with van der Waals surface area (Å²) >= 11 is 0. The summed E-state index contributed by atoms with van der Waals surface area (Å²) in [5.41, 5.74) is 1.18. The third-order valence-corrected chi connectivity index (χ3v) is 1.21. The Kier molecular flexibility index (Phi) is 4.32. The van der Waals surface area contributed by atoms with Gasteiger partial charge in [0.15, 0.2) is 0 Å². The lowest BCUT2D eigenvalue weighted by atomic mass is 10.2. The van der Waals surface area contributed by atoms with Crippen LogP contribution in [0.4, 0.5) is 0 Å². The Bertz CT molecular complexity index is 214. The van der Waals surface area contributed by atoms with Gasteiger partial charge in [-0.05, 0) is 0 Å². The first-order valence-electron chi connectivity index (χ1n) is 2.87. The van der Waals surface area contributed by atoms with Crippen LogP contribution in [0.2, 0.25) is 0 Å². The van der Waals surface area contributed by atoms with Crippen LogP contribution in [0, 0.1) is 0 Å². The van der Waals surface area contributed by atoms with E-state index in [2.05, 4.69) is 0 Å². The van der Waals surface area contributed by atoms with Crippen LogP contribution in [0.15, 0.2) is 24.3 Å². The van der Waals surface area contributed by atoms with Crippen LogP contribution in [-0.4, -0.2) is 12.6 Å². The van der Waals surface area contributed by atoms with Crippen molar-refractivity contribution in [2.75, 3.05) is 0 Å². The van der Waals surface area contributed by atoms with Crippen molar-refractivity contribution in [2.45, 2.75) is 0 Å². The third-order valence-electron chi connectivity index (χ3n) is 1.21. The molecule has 58 valence electrons. The predicted octanol–water partition coefficient (Wildman–Crippen LogP) is 1.37. The second-order valence-corrected chi connectivity index (χ2v) is 1.90. The Morgan fingerprint density at radius 2 is 1.09 bits per heavy atom. The Morgan fingerprint density at radius 3 is 1.27 bits per heavy atom. The van der Waals surface area contributed by atoms with Gasteiger partial charge >= 0.3 is 0 Å². The molecule has 0 heterocycles. The van der Waals surface area contributed by atoms with Crippen LogP contribution in [0.1, 0.15) is 20.7 Å². The molecule has 0 aromatic heterocycles. The van der Waals surface area contributed by atoms with Gasteiger partial charge in [-0.15, -0.1) is 0 Å². The summed E-state index contributed by atoms with van der Waals surface area (Å²) in [4.78, 5) is 20.2. The number of hydrogen-bond donors (Lipinski definition) is 0. The van der Waals surface area contributed by atoms with Gasteiger partial charge in [-0.3, -0.25) is 9.59 Å². The summed E-state index contributed by atoms with van der Waals surface area (Å²) in [5, 5.41) is 0. The SMILES string of the molecule is O=Cc1ccc(C=O)cc1.P. The largest absolute Gasteiger partial charge is 0.298 e. The van der Waals surface area contributed by atoms with Gasteiger partial charge in [0.1, 0.15) is 12.6 Å². The average molecular weight is 168 g/mol. The molecule has 1 aromatic carbocycles. The number of carbonyl (C=O) groups excluding carboxylic acids is 2. The number of benzene rings is 1. The fraction of sp³-hybridized carbons (Fsp3) is 0. The van der Waals surface area contributed by atoms with Gasteiger partial charge in [0.2, 0.25) is 0 Å². The molecule has 1 rings (SSSR count). The van der Waals surface area contributed by atoms with Gasteiger partial charge in [0.25, 0.3) is 0 Å². The molecular weight excluding hydrogens is 159 g/mol. The maximum absolute atomic E-state index is 10.1. The molecule has 0 aliphatic rings. The molecule has 0 aliphatic heterocycles. The first kappa shape index (κ1) is 9.99. The highest BCUT2D eigenvalue weighted by atomic mass is 31.0. The number of hydrogen-bond acceptors (Lipinski definition) is 2. The van der Waals surface area contributed by atoms with Crippen molar-refractivity contribution in [1.29, 1.82) is 0 Å². The smallest absolute Gasteiger partial charge is 0.150 e. The normalized spacial score (nSPS) is 8.00. The summed E-state index contributed by atoms with van der Waals surface area (Å²) < 4.78 is 0. The van der Waals surface area contributed by atoms with Gasteiger partial charge in [-0.2, -0.15) is 9.90 Å². The van der Waals surface area contributed by atoms with Crippen molar-refractivity contribution >= 4 is 22.5 Å². The van der Waals surface area contributed by atoms with Crippen molar-refractivity contribution in [1.82, 2.24) is 0 Å². The quantitative estimate of drug-likeness (QED) is 0.493. The first-order valence-corrected chi connectivity index (χ1v) is 2.87. The number of aldehydes is 2. The second kappa shape index (κ2) is 4.75. The van der Waals surface area contributed by atoms with E-state index in [9.17, 15) is 9.59 Å². The van der Waals surface area contributed by atoms with Gasteiger partial charge in [0, 0.05) is 11.1 Å². The Hall–Kier alpha value is -1.01. The Morgan fingerprint density at radius 1 is 0.818 bits per heavy atom. The van der Waals surface area contributed by atoms with Crippen LogP contribution in [0.5, 0.6) is 0 Å². The fourth-order valence-electron chi connectivity index (χ4n) is 0.653. The average Bonchev–Trinajstić information content (AvgIpc) is 2.05. The lowest BCUT2D eigenvalue weighted by molar-refractivity contribution is 0.111. The van der Waals surface area contributed by atoms with E-state index in [1.807, 2.05) is 0 Å². The molecular formula is C8H9O2P. The fourth-order valence-corrected chi connectivity index (χ4v) is 0.653. The van der Waals surface area contributed by atoms with E-state index in [-0.39, 0.29) is 9.90 Å². The maximum Gasteiger partial charge on any atom is 0.150 e. The molecule has 0 radical (unpaired) electrons. The highest BCUT2D eigenvalue weighted by Gasteiger charge is 1.88. The van der Waals surface area contributed by atoms with Crippen molar-refractivity contribution in [3.63, 3.8) is 0 Å². The first-order chi connectivity index (χ1) is 4.86. The van der Waals surface area contributed by atoms with Crippen molar-refractivity contribution in [2.24, 2.45) is 0 Å². The van der Waals surface area contributed by atoms with E-state index >= 15 is 0 Å². The molecule has 0 saturated carbocycles. The summed E-state index contributed by atoms with van der Waals surface area (Å²) in [6, 6.07) is 6.43. The van der Waals surface area contributed by atoms with Crippen molar-refractivity contribution < 1.29 is 9.59 Å². The minimum absolute atomic E-state index is 0. The molecule has 1 unspecified atom stereocenters. The molecule has 11 heavy (non-hydrogen) atoms. The minimum atomic E-state index is 0. The number of carbonyl (C=O) groups is 2. The molecule has 0 spiro atoms. The minimum Gasteiger partial charge on any atom is -0.298 e. The summed E-state index contributed by atoms with van der Waals surface area (Å²) in [6.07, 6.45) is 1.49. The van der Waals surface area contributed by atoms with E-state index < -0.39 is 0 Å². The molecule has 0 aliphatic carbocycles. The van der Waals surface area contributed by atoms with E-state index in [0.29, 0.717) is 11.1 Å².